The Kier molecular flexibility index (Phi) is 4.92. The molecule has 0 unspecified atom stereocenters. The largest absolute Gasteiger partial charge is 0.481 e. The number of hydrogen-bond acceptors (Lipinski definition) is 6. The smallest absolute Gasteiger partial charge is 0.337 e. The van der Waals surface area contributed by atoms with Gasteiger partial charge in [-0.3, -0.25) is 9.78 Å². The second-order valence-corrected chi connectivity index (χ2v) is 6.49. The van der Waals surface area contributed by atoms with Crippen molar-refractivity contribution < 1.29 is 19.8 Å². The summed E-state index contributed by atoms with van der Waals surface area (Å²) in [6.45, 7) is 1.77. The molecule has 0 radical (unpaired) electrons. The molecular formula is C13H12N2O4S2. The van der Waals surface area contributed by atoms with Crippen LogP contribution in [0.15, 0.2) is 22.8 Å². The molecule has 8 heteroatoms. The number of rotatable bonds is 6. The number of carboxylic acids is 2. The zero-order valence-corrected chi connectivity index (χ0v) is 12.7. The van der Waals surface area contributed by atoms with E-state index >= 15 is 0 Å². The topological polar surface area (TPSA) is 100 Å². The van der Waals surface area contributed by atoms with Gasteiger partial charge in [0, 0.05) is 23.0 Å². The number of aryl methyl sites for hydroxylation is 1. The van der Waals surface area contributed by atoms with Crippen molar-refractivity contribution in [3.63, 3.8) is 0 Å². The molecule has 0 fully saturated rings. The molecule has 0 aliphatic heterocycles. The Bertz CT molecular complexity index is 685. The number of aromatic nitrogens is 2. The van der Waals surface area contributed by atoms with E-state index in [1.54, 1.807) is 19.2 Å². The van der Waals surface area contributed by atoms with E-state index in [0.29, 0.717) is 17.0 Å². The normalized spacial score (nSPS) is 10.5. The number of thioether (sulfide) groups is 1. The number of nitrogens with zero attached hydrogens (tertiary/aromatic N) is 2. The van der Waals surface area contributed by atoms with Gasteiger partial charge in [0.05, 0.1) is 17.7 Å². The number of pyridine rings is 1. The standard InChI is InChI=1S/C13H12N2O4S2/c1-7-10(4-11(16)17)21-13(15-7)20-6-8-2-3-14-5-9(8)12(18)19/h2-3,5H,4,6H2,1H3,(H,16,17)(H,18,19). The highest BCUT2D eigenvalue weighted by Crippen LogP contribution is 2.30. The van der Waals surface area contributed by atoms with E-state index in [9.17, 15) is 9.59 Å². The van der Waals surface area contributed by atoms with Crippen LogP contribution in [0.5, 0.6) is 0 Å². The Morgan fingerprint density at radius 1 is 1.38 bits per heavy atom. The van der Waals surface area contributed by atoms with Gasteiger partial charge in [-0.1, -0.05) is 11.8 Å². The zero-order valence-electron chi connectivity index (χ0n) is 11.1. The molecule has 2 heterocycles. The number of aromatic carboxylic acids is 1. The first-order chi connectivity index (χ1) is 9.97. The van der Waals surface area contributed by atoms with Gasteiger partial charge in [-0.25, -0.2) is 9.78 Å². The van der Waals surface area contributed by atoms with Crippen LogP contribution in [0.2, 0.25) is 0 Å². The van der Waals surface area contributed by atoms with Crippen LogP contribution in [0.4, 0.5) is 0 Å². The van der Waals surface area contributed by atoms with Gasteiger partial charge in [0.25, 0.3) is 0 Å². The third kappa shape index (κ3) is 4.02. The summed E-state index contributed by atoms with van der Waals surface area (Å²) in [5, 5.41) is 17.9. The second-order valence-electron chi connectivity index (χ2n) is 4.19. The van der Waals surface area contributed by atoms with Crippen molar-refractivity contribution in [1.82, 2.24) is 9.97 Å². The molecule has 6 nitrogen and oxygen atoms in total. The average molecular weight is 324 g/mol. The number of carboxylic acid groups (broad SMARTS) is 2. The van der Waals surface area contributed by atoms with Gasteiger partial charge in [0.2, 0.25) is 0 Å². The zero-order chi connectivity index (χ0) is 15.4. The molecular weight excluding hydrogens is 312 g/mol. The maximum atomic E-state index is 11.1. The molecule has 2 aromatic heterocycles. The summed E-state index contributed by atoms with van der Waals surface area (Å²) in [5.74, 6) is -1.45. The lowest BCUT2D eigenvalue weighted by Gasteiger charge is -2.03. The van der Waals surface area contributed by atoms with Crippen molar-refractivity contribution in [2.75, 3.05) is 0 Å². The van der Waals surface area contributed by atoms with Crippen LogP contribution in [-0.2, 0) is 17.0 Å². The Labute approximate surface area is 128 Å². The van der Waals surface area contributed by atoms with Crippen molar-refractivity contribution in [3.8, 4) is 0 Å². The quantitative estimate of drug-likeness (QED) is 0.787. The highest BCUT2D eigenvalue weighted by atomic mass is 32.2. The van der Waals surface area contributed by atoms with Crippen molar-refractivity contribution in [3.05, 3.63) is 40.2 Å². The molecule has 21 heavy (non-hydrogen) atoms. The van der Waals surface area contributed by atoms with Crippen molar-refractivity contribution in [2.45, 2.75) is 23.4 Å². The summed E-state index contributed by atoms with van der Waals surface area (Å²) in [4.78, 5) is 30.6. The first kappa shape index (κ1) is 15.5. The van der Waals surface area contributed by atoms with Gasteiger partial charge in [0.15, 0.2) is 4.34 Å². The summed E-state index contributed by atoms with van der Waals surface area (Å²) < 4.78 is 0.733. The fourth-order valence-corrected chi connectivity index (χ4v) is 3.87. The first-order valence-electron chi connectivity index (χ1n) is 5.94. The van der Waals surface area contributed by atoms with E-state index in [2.05, 4.69) is 9.97 Å². The summed E-state index contributed by atoms with van der Waals surface area (Å²) in [5.41, 5.74) is 1.54. The third-order valence-corrected chi connectivity index (χ3v) is 5.03. The third-order valence-electron chi connectivity index (χ3n) is 2.68. The molecule has 2 rings (SSSR count). The maximum absolute atomic E-state index is 11.1. The fourth-order valence-electron chi connectivity index (χ4n) is 1.65. The highest BCUT2D eigenvalue weighted by molar-refractivity contribution is 8.00. The molecule has 0 saturated heterocycles. The Hall–Kier alpha value is -1.93. The fraction of sp³-hybridized carbons (Fsp3) is 0.231. The van der Waals surface area contributed by atoms with E-state index < -0.39 is 11.9 Å². The van der Waals surface area contributed by atoms with Crippen LogP contribution in [0.3, 0.4) is 0 Å². The molecule has 0 amide bonds. The molecule has 0 spiro atoms. The summed E-state index contributed by atoms with van der Waals surface area (Å²) in [6.07, 6.45) is 2.83. The monoisotopic (exact) mass is 324 g/mol. The van der Waals surface area contributed by atoms with Crippen LogP contribution in [0.25, 0.3) is 0 Å². The molecule has 0 aliphatic rings. The minimum Gasteiger partial charge on any atom is -0.481 e. The number of hydrogen-bond donors (Lipinski definition) is 2. The second kappa shape index (κ2) is 6.68. The maximum Gasteiger partial charge on any atom is 0.337 e. The molecule has 0 aliphatic carbocycles. The van der Waals surface area contributed by atoms with Crippen LogP contribution >= 0.6 is 23.1 Å². The molecule has 0 atom stereocenters. The SMILES string of the molecule is Cc1nc(SCc2ccncc2C(=O)O)sc1CC(=O)O. The molecule has 2 N–H and O–H groups in total. The minimum absolute atomic E-state index is 0.0420. The average Bonchev–Trinajstić information content (AvgIpc) is 2.76. The molecule has 0 aromatic carbocycles. The van der Waals surface area contributed by atoms with E-state index in [1.807, 2.05) is 0 Å². The first-order valence-corrected chi connectivity index (χ1v) is 7.74. The van der Waals surface area contributed by atoms with Gasteiger partial charge in [-0.05, 0) is 18.6 Å². The van der Waals surface area contributed by atoms with Crippen molar-refractivity contribution in [1.29, 1.82) is 0 Å². The lowest BCUT2D eigenvalue weighted by atomic mass is 10.2. The lowest BCUT2D eigenvalue weighted by molar-refractivity contribution is -0.136. The van der Waals surface area contributed by atoms with Gasteiger partial charge in [0.1, 0.15) is 0 Å². The lowest BCUT2D eigenvalue weighted by Crippen LogP contribution is -2.01. The van der Waals surface area contributed by atoms with Crippen LogP contribution in [-0.4, -0.2) is 32.1 Å². The predicted molar refractivity (Wildman–Crippen MR) is 78.9 cm³/mol. The number of thiazole rings is 1. The number of aliphatic carboxylic acids is 1. The van der Waals surface area contributed by atoms with E-state index in [-0.39, 0.29) is 12.0 Å². The summed E-state index contributed by atoms with van der Waals surface area (Å²) in [7, 11) is 0. The van der Waals surface area contributed by atoms with Crippen molar-refractivity contribution in [2.24, 2.45) is 0 Å². The number of carbonyl (C=O) groups is 2. The predicted octanol–water partition coefficient (Wildman–Crippen LogP) is 2.46. The van der Waals surface area contributed by atoms with Crippen LogP contribution < -0.4 is 0 Å². The van der Waals surface area contributed by atoms with Gasteiger partial charge >= 0.3 is 11.9 Å². The highest BCUT2D eigenvalue weighted by Gasteiger charge is 2.14. The molecule has 0 bridgehead atoms. The van der Waals surface area contributed by atoms with Gasteiger partial charge in [-0.2, -0.15) is 0 Å². The Morgan fingerprint density at radius 2 is 2.14 bits per heavy atom. The van der Waals surface area contributed by atoms with Crippen LogP contribution in [0, 0.1) is 6.92 Å². The van der Waals surface area contributed by atoms with Crippen LogP contribution in [0.1, 0.15) is 26.5 Å². The minimum atomic E-state index is -1.01. The summed E-state index contributed by atoms with van der Waals surface area (Å²) >= 11 is 2.72. The molecule has 110 valence electrons. The van der Waals surface area contributed by atoms with E-state index in [1.165, 1.54) is 29.3 Å². The molecule has 2 aromatic rings. The Morgan fingerprint density at radius 3 is 2.81 bits per heavy atom. The van der Waals surface area contributed by atoms with Crippen molar-refractivity contribution >= 4 is 35.0 Å². The van der Waals surface area contributed by atoms with Gasteiger partial charge < -0.3 is 10.2 Å². The Balaban J connectivity index is 2.10. The van der Waals surface area contributed by atoms with Gasteiger partial charge in [-0.15, -0.1) is 11.3 Å². The van der Waals surface area contributed by atoms with E-state index in [4.69, 9.17) is 10.2 Å². The van der Waals surface area contributed by atoms with E-state index in [0.717, 1.165) is 9.22 Å². The molecule has 0 saturated carbocycles. The summed E-state index contributed by atoms with van der Waals surface area (Å²) in [6, 6.07) is 1.66.